The second kappa shape index (κ2) is 4.61. The molecule has 2 saturated carbocycles. The zero-order chi connectivity index (χ0) is 14.5. The summed E-state index contributed by atoms with van der Waals surface area (Å²) < 4.78 is 0. The van der Waals surface area contributed by atoms with Gasteiger partial charge in [0.1, 0.15) is 0 Å². The normalized spacial score (nSPS) is 41.0. The summed E-state index contributed by atoms with van der Waals surface area (Å²) in [5.41, 5.74) is 0.127. The summed E-state index contributed by atoms with van der Waals surface area (Å²) in [4.78, 5) is 24.0. The molecule has 110 valence electrons. The molecule has 2 bridgehead atoms. The first-order valence-electron chi connectivity index (χ1n) is 7.61. The Morgan fingerprint density at radius 2 is 1.85 bits per heavy atom. The van der Waals surface area contributed by atoms with Crippen LogP contribution in [0.5, 0.6) is 0 Å². The number of nitrogens with one attached hydrogen (secondary N) is 1. The van der Waals surface area contributed by atoms with Gasteiger partial charge in [0.25, 0.3) is 0 Å². The van der Waals surface area contributed by atoms with Crippen molar-refractivity contribution in [1.29, 1.82) is 0 Å². The Kier molecular flexibility index (Phi) is 3.14. The number of rotatable bonds is 3. The maximum atomic E-state index is 12.6. The van der Waals surface area contributed by atoms with Crippen LogP contribution >= 0.6 is 0 Å². The van der Waals surface area contributed by atoms with Crippen LogP contribution < -0.4 is 5.32 Å². The van der Waals surface area contributed by atoms with Gasteiger partial charge in [0.05, 0.1) is 11.8 Å². The van der Waals surface area contributed by atoms with Crippen molar-refractivity contribution < 1.29 is 14.7 Å². The van der Waals surface area contributed by atoms with Crippen LogP contribution in [-0.2, 0) is 9.59 Å². The fourth-order valence-electron chi connectivity index (χ4n) is 4.38. The number of carboxylic acids is 1. The highest BCUT2D eigenvalue weighted by atomic mass is 16.4. The van der Waals surface area contributed by atoms with Crippen LogP contribution in [0.4, 0.5) is 0 Å². The molecule has 3 unspecified atom stereocenters. The van der Waals surface area contributed by atoms with Gasteiger partial charge >= 0.3 is 5.97 Å². The summed E-state index contributed by atoms with van der Waals surface area (Å²) >= 11 is 0. The number of fused-ring (bicyclic) bond motifs is 2. The number of carboxylic acid groups (broad SMARTS) is 1. The fourth-order valence-corrected chi connectivity index (χ4v) is 4.38. The van der Waals surface area contributed by atoms with Gasteiger partial charge in [-0.2, -0.15) is 0 Å². The average molecular weight is 277 g/mol. The van der Waals surface area contributed by atoms with Crippen molar-refractivity contribution in [1.82, 2.24) is 5.32 Å². The van der Waals surface area contributed by atoms with Crippen LogP contribution in [0.1, 0.15) is 39.5 Å². The SMILES string of the molecule is CC1(C)CCCC1NC(=O)[C@H]1C2C=CC(C2)[C@H]1C(=O)O. The van der Waals surface area contributed by atoms with Gasteiger partial charge in [-0.3, -0.25) is 9.59 Å². The van der Waals surface area contributed by atoms with Gasteiger partial charge in [0, 0.05) is 6.04 Å². The van der Waals surface area contributed by atoms with E-state index in [0.29, 0.717) is 0 Å². The van der Waals surface area contributed by atoms with Gasteiger partial charge in [-0.1, -0.05) is 32.4 Å². The molecule has 0 saturated heterocycles. The molecule has 0 aromatic rings. The Bertz CT molecular complexity index is 468. The molecule has 4 nitrogen and oxygen atoms in total. The predicted octanol–water partition coefficient (Wildman–Crippen LogP) is 2.20. The Balaban J connectivity index is 1.74. The van der Waals surface area contributed by atoms with E-state index in [1.54, 1.807) is 0 Å². The predicted molar refractivity (Wildman–Crippen MR) is 74.9 cm³/mol. The van der Waals surface area contributed by atoms with Crippen molar-refractivity contribution in [2.24, 2.45) is 29.1 Å². The van der Waals surface area contributed by atoms with Crippen molar-refractivity contribution in [3.8, 4) is 0 Å². The van der Waals surface area contributed by atoms with Gasteiger partial charge in [-0.25, -0.2) is 0 Å². The number of hydrogen-bond acceptors (Lipinski definition) is 2. The van der Waals surface area contributed by atoms with Gasteiger partial charge in [-0.15, -0.1) is 0 Å². The molecule has 0 aromatic heterocycles. The summed E-state index contributed by atoms with van der Waals surface area (Å²) in [5, 5.41) is 12.5. The molecule has 0 aliphatic heterocycles. The van der Waals surface area contributed by atoms with E-state index in [-0.39, 0.29) is 35.1 Å². The van der Waals surface area contributed by atoms with E-state index in [1.807, 2.05) is 12.2 Å². The van der Waals surface area contributed by atoms with Crippen LogP contribution in [0, 0.1) is 29.1 Å². The molecule has 3 rings (SSSR count). The van der Waals surface area contributed by atoms with Crippen molar-refractivity contribution in [3.63, 3.8) is 0 Å². The topological polar surface area (TPSA) is 66.4 Å². The van der Waals surface area contributed by atoms with Crippen molar-refractivity contribution in [2.45, 2.75) is 45.6 Å². The van der Waals surface area contributed by atoms with E-state index in [2.05, 4.69) is 19.2 Å². The summed E-state index contributed by atoms with van der Waals surface area (Å²) in [6.07, 6.45) is 8.10. The molecule has 0 heterocycles. The monoisotopic (exact) mass is 277 g/mol. The lowest BCUT2D eigenvalue weighted by Crippen LogP contribution is -2.47. The van der Waals surface area contributed by atoms with Crippen LogP contribution in [0.2, 0.25) is 0 Å². The standard InChI is InChI=1S/C16H23NO3/c1-16(2)7-3-4-11(16)17-14(18)12-9-5-6-10(8-9)13(12)15(19)20/h5-6,9-13H,3-4,7-8H2,1-2H3,(H,17,18)(H,19,20)/t9?,10?,11?,12-,13+/m0/s1. The summed E-state index contributed by atoms with van der Waals surface area (Å²) in [7, 11) is 0. The highest BCUT2D eigenvalue weighted by Gasteiger charge is 2.52. The first kappa shape index (κ1) is 13.7. The van der Waals surface area contributed by atoms with Crippen molar-refractivity contribution in [3.05, 3.63) is 12.2 Å². The second-order valence-corrected chi connectivity index (χ2v) is 7.28. The largest absolute Gasteiger partial charge is 0.481 e. The number of hydrogen-bond donors (Lipinski definition) is 2. The Labute approximate surface area is 119 Å². The molecule has 2 fully saturated rings. The first-order chi connectivity index (χ1) is 9.40. The molecule has 5 atom stereocenters. The maximum absolute atomic E-state index is 12.6. The lowest BCUT2D eigenvalue weighted by Gasteiger charge is -2.31. The van der Waals surface area contributed by atoms with Gasteiger partial charge in [-0.05, 0) is 36.5 Å². The molecule has 20 heavy (non-hydrogen) atoms. The van der Waals surface area contributed by atoms with E-state index >= 15 is 0 Å². The zero-order valence-corrected chi connectivity index (χ0v) is 12.1. The van der Waals surface area contributed by atoms with Gasteiger partial charge in [0.15, 0.2) is 0 Å². The third kappa shape index (κ3) is 2.05. The third-order valence-electron chi connectivity index (χ3n) is 5.62. The van der Waals surface area contributed by atoms with E-state index in [1.165, 1.54) is 0 Å². The highest BCUT2D eigenvalue weighted by Crippen LogP contribution is 2.48. The van der Waals surface area contributed by atoms with E-state index in [0.717, 1.165) is 25.7 Å². The molecule has 3 aliphatic carbocycles. The van der Waals surface area contributed by atoms with Crippen LogP contribution in [-0.4, -0.2) is 23.0 Å². The Morgan fingerprint density at radius 3 is 2.40 bits per heavy atom. The zero-order valence-electron chi connectivity index (χ0n) is 12.1. The Morgan fingerprint density at radius 1 is 1.20 bits per heavy atom. The molecule has 2 N–H and O–H groups in total. The van der Waals surface area contributed by atoms with Crippen LogP contribution in [0.3, 0.4) is 0 Å². The van der Waals surface area contributed by atoms with Crippen molar-refractivity contribution in [2.75, 3.05) is 0 Å². The molecular weight excluding hydrogens is 254 g/mol. The number of amides is 1. The van der Waals surface area contributed by atoms with Gasteiger partial charge in [0.2, 0.25) is 5.91 Å². The number of aliphatic carboxylic acids is 1. The summed E-state index contributed by atoms with van der Waals surface area (Å²) in [6, 6.07) is 0.188. The first-order valence-corrected chi connectivity index (χ1v) is 7.61. The smallest absolute Gasteiger partial charge is 0.307 e. The minimum atomic E-state index is -0.826. The van der Waals surface area contributed by atoms with Crippen LogP contribution in [0.15, 0.2) is 12.2 Å². The molecular formula is C16H23NO3. The molecule has 1 amide bonds. The molecule has 0 aromatic carbocycles. The lowest BCUT2D eigenvalue weighted by atomic mass is 9.81. The second-order valence-electron chi connectivity index (χ2n) is 7.28. The van der Waals surface area contributed by atoms with Crippen molar-refractivity contribution >= 4 is 11.9 Å². The molecule has 4 heteroatoms. The molecule has 0 radical (unpaired) electrons. The minimum absolute atomic E-state index is 0.0461. The molecule has 0 spiro atoms. The van der Waals surface area contributed by atoms with Crippen LogP contribution in [0.25, 0.3) is 0 Å². The summed E-state index contributed by atoms with van der Waals surface area (Å²) in [6.45, 7) is 4.36. The lowest BCUT2D eigenvalue weighted by molar-refractivity contribution is -0.148. The number of carbonyl (C=O) groups is 2. The number of allylic oxidation sites excluding steroid dienone is 2. The van der Waals surface area contributed by atoms with E-state index < -0.39 is 11.9 Å². The van der Waals surface area contributed by atoms with E-state index in [9.17, 15) is 14.7 Å². The highest BCUT2D eigenvalue weighted by molar-refractivity contribution is 5.87. The maximum Gasteiger partial charge on any atom is 0.307 e. The quantitative estimate of drug-likeness (QED) is 0.777. The Hall–Kier alpha value is -1.32. The average Bonchev–Trinajstić information content (AvgIpc) is 3.03. The third-order valence-corrected chi connectivity index (χ3v) is 5.62. The summed E-state index contributed by atoms with van der Waals surface area (Å²) in [5.74, 6) is -1.62. The fraction of sp³-hybridized carbons (Fsp3) is 0.750. The minimum Gasteiger partial charge on any atom is -0.481 e. The van der Waals surface area contributed by atoms with Gasteiger partial charge < -0.3 is 10.4 Å². The number of carbonyl (C=O) groups excluding carboxylic acids is 1. The molecule has 3 aliphatic rings. The van der Waals surface area contributed by atoms with E-state index in [4.69, 9.17) is 0 Å².